The number of hydrogen-bond acceptors (Lipinski definition) is 7. The number of nitrogens with zero attached hydrogens (tertiary/aromatic N) is 1. The molecule has 0 saturated heterocycles. The van der Waals surface area contributed by atoms with Gasteiger partial charge in [0.15, 0.2) is 17.1 Å². The molecule has 3 heterocycles. The van der Waals surface area contributed by atoms with Crippen molar-refractivity contribution in [2.24, 2.45) is 0 Å². The lowest BCUT2D eigenvalue weighted by Gasteiger charge is -2.06. The van der Waals surface area contributed by atoms with Gasteiger partial charge in [-0.05, 0) is 48.4 Å². The largest absolute Gasteiger partial charge is 0.493 e. The van der Waals surface area contributed by atoms with Crippen molar-refractivity contribution >= 4 is 28.8 Å². The number of ether oxygens (including phenoxy) is 3. The van der Waals surface area contributed by atoms with E-state index in [2.05, 4.69) is 4.98 Å². The average molecular weight is 427 g/mol. The van der Waals surface area contributed by atoms with E-state index in [9.17, 15) is 9.59 Å². The van der Waals surface area contributed by atoms with Gasteiger partial charge < -0.3 is 18.6 Å². The smallest absolute Gasteiger partial charge is 0.379 e. The maximum atomic E-state index is 12.8. The van der Waals surface area contributed by atoms with Crippen molar-refractivity contribution in [3.05, 3.63) is 89.1 Å². The summed E-state index contributed by atoms with van der Waals surface area (Å²) in [6.45, 7) is 1.76. The van der Waals surface area contributed by atoms with E-state index in [4.69, 9.17) is 18.6 Å². The second-order valence-electron chi connectivity index (χ2n) is 7.22. The summed E-state index contributed by atoms with van der Waals surface area (Å²) in [7, 11) is 1.53. The summed E-state index contributed by atoms with van der Waals surface area (Å²) in [6, 6.07) is 13.7. The number of hydrogen-bond donors (Lipinski definition) is 0. The zero-order chi connectivity index (χ0) is 22.2. The molecule has 2 aromatic heterocycles. The number of furan rings is 1. The number of carbonyl (C=O) groups excluding carboxylic acids is 2. The second-order valence-corrected chi connectivity index (χ2v) is 7.22. The van der Waals surface area contributed by atoms with Crippen LogP contribution in [0.2, 0.25) is 0 Å². The van der Waals surface area contributed by atoms with E-state index in [0.717, 1.165) is 10.9 Å². The Morgan fingerprint density at radius 2 is 2.00 bits per heavy atom. The van der Waals surface area contributed by atoms with Crippen molar-refractivity contribution in [1.82, 2.24) is 4.98 Å². The van der Waals surface area contributed by atoms with E-state index < -0.39 is 5.97 Å². The Bertz CT molecular complexity index is 1400. The molecule has 5 rings (SSSR count). The first-order chi connectivity index (χ1) is 15.5. The fraction of sp³-hybridized carbons (Fsp3) is 0.0800. The van der Waals surface area contributed by atoms with Gasteiger partial charge in [0.05, 0.1) is 12.7 Å². The van der Waals surface area contributed by atoms with Crippen LogP contribution in [0.4, 0.5) is 0 Å². The summed E-state index contributed by atoms with van der Waals surface area (Å²) in [5, 5.41) is 0.723. The number of methoxy groups -OCH3 is 1. The van der Waals surface area contributed by atoms with Crippen LogP contribution in [-0.4, -0.2) is 23.8 Å². The van der Waals surface area contributed by atoms with Gasteiger partial charge in [-0.15, -0.1) is 0 Å². The number of ketones is 1. The predicted octanol–water partition coefficient (Wildman–Crippen LogP) is 4.98. The molecule has 0 bridgehead atoms. The van der Waals surface area contributed by atoms with Gasteiger partial charge >= 0.3 is 5.97 Å². The number of Topliss-reactive ketones (excluding diaryl/α,β-unsaturated/α-hetero) is 1. The maximum absolute atomic E-state index is 12.8. The standard InChI is InChI=1S/C25H17NO6/c1-14-9-17(30-25(28)21-11-16-6-3-7-18(29-2)24(16)32-21)12-19-22(14)23(27)20(31-19)10-15-5-4-8-26-13-15/h3-13H,1-2H3/b20-10-. The monoisotopic (exact) mass is 427 g/mol. The van der Waals surface area contributed by atoms with Crippen LogP contribution in [0.1, 0.15) is 32.0 Å². The van der Waals surface area contributed by atoms with E-state index in [-0.39, 0.29) is 23.1 Å². The van der Waals surface area contributed by atoms with Gasteiger partial charge in [0.25, 0.3) is 0 Å². The first-order valence-corrected chi connectivity index (χ1v) is 9.81. The molecule has 32 heavy (non-hydrogen) atoms. The molecule has 0 aliphatic carbocycles. The van der Waals surface area contributed by atoms with Crippen molar-refractivity contribution in [3.8, 4) is 17.2 Å². The quantitative estimate of drug-likeness (QED) is 0.258. The third-order valence-electron chi connectivity index (χ3n) is 5.07. The number of esters is 1. The summed E-state index contributed by atoms with van der Waals surface area (Å²) in [5.74, 6) is 0.422. The van der Waals surface area contributed by atoms with Crippen molar-refractivity contribution in [1.29, 1.82) is 0 Å². The summed E-state index contributed by atoms with van der Waals surface area (Å²) >= 11 is 0. The summed E-state index contributed by atoms with van der Waals surface area (Å²) in [6.07, 6.45) is 4.91. The number of allylic oxidation sites excluding steroid dienone is 1. The van der Waals surface area contributed by atoms with Crippen molar-refractivity contribution in [2.45, 2.75) is 6.92 Å². The lowest BCUT2D eigenvalue weighted by atomic mass is 10.0. The number of aromatic nitrogens is 1. The Morgan fingerprint density at radius 3 is 2.78 bits per heavy atom. The van der Waals surface area contributed by atoms with Crippen LogP contribution >= 0.6 is 0 Å². The van der Waals surface area contributed by atoms with Gasteiger partial charge in [-0.1, -0.05) is 18.2 Å². The number of aryl methyl sites for hydroxylation is 1. The number of fused-ring (bicyclic) bond motifs is 2. The number of para-hydroxylation sites is 1. The highest BCUT2D eigenvalue weighted by Gasteiger charge is 2.30. The highest BCUT2D eigenvalue weighted by atomic mass is 16.6. The van der Waals surface area contributed by atoms with E-state index in [0.29, 0.717) is 28.2 Å². The number of rotatable bonds is 4. The lowest BCUT2D eigenvalue weighted by molar-refractivity contribution is 0.0703. The van der Waals surface area contributed by atoms with E-state index >= 15 is 0 Å². The molecule has 2 aromatic carbocycles. The minimum atomic E-state index is -0.668. The molecule has 7 nitrogen and oxygen atoms in total. The molecule has 0 atom stereocenters. The predicted molar refractivity (Wildman–Crippen MR) is 116 cm³/mol. The number of carbonyl (C=O) groups is 2. The van der Waals surface area contributed by atoms with Gasteiger partial charge in [-0.2, -0.15) is 0 Å². The Hall–Kier alpha value is -4.39. The number of pyridine rings is 1. The fourth-order valence-electron chi connectivity index (χ4n) is 3.60. The minimum Gasteiger partial charge on any atom is -0.493 e. The molecular formula is C25H17NO6. The minimum absolute atomic E-state index is 0.0387. The summed E-state index contributed by atoms with van der Waals surface area (Å²) < 4.78 is 22.2. The molecule has 1 aliphatic rings. The van der Waals surface area contributed by atoms with Crippen molar-refractivity contribution in [3.63, 3.8) is 0 Å². The second kappa shape index (κ2) is 7.70. The highest BCUT2D eigenvalue weighted by molar-refractivity contribution is 6.15. The topological polar surface area (TPSA) is 87.9 Å². The molecular weight excluding hydrogens is 410 g/mol. The Balaban J connectivity index is 1.42. The zero-order valence-corrected chi connectivity index (χ0v) is 17.2. The van der Waals surface area contributed by atoms with Gasteiger partial charge in [-0.3, -0.25) is 9.78 Å². The fourth-order valence-corrected chi connectivity index (χ4v) is 3.60. The number of benzene rings is 2. The van der Waals surface area contributed by atoms with Crippen LogP contribution in [-0.2, 0) is 0 Å². The Morgan fingerprint density at radius 1 is 1.12 bits per heavy atom. The van der Waals surface area contributed by atoms with Gasteiger partial charge in [-0.25, -0.2) is 4.79 Å². The average Bonchev–Trinajstić information content (AvgIpc) is 3.36. The zero-order valence-electron chi connectivity index (χ0n) is 17.2. The van der Waals surface area contributed by atoms with Crippen molar-refractivity contribution in [2.75, 3.05) is 7.11 Å². The van der Waals surface area contributed by atoms with E-state index in [1.807, 2.05) is 12.1 Å². The molecule has 0 unspecified atom stereocenters. The molecule has 0 saturated carbocycles. The first-order valence-electron chi connectivity index (χ1n) is 9.81. The Labute approximate surface area is 182 Å². The van der Waals surface area contributed by atoms with Crippen LogP contribution in [0, 0.1) is 6.92 Å². The Kier molecular flexibility index (Phi) is 4.71. The third-order valence-corrected chi connectivity index (χ3v) is 5.07. The molecule has 7 heteroatoms. The van der Waals surface area contributed by atoms with E-state index in [1.165, 1.54) is 13.2 Å². The highest BCUT2D eigenvalue weighted by Crippen LogP contribution is 2.38. The van der Waals surface area contributed by atoms with Crippen LogP contribution in [0.15, 0.2) is 71.1 Å². The van der Waals surface area contributed by atoms with Crippen LogP contribution in [0.3, 0.4) is 0 Å². The molecule has 1 aliphatic heterocycles. The van der Waals surface area contributed by atoms with E-state index in [1.54, 1.807) is 55.7 Å². The summed E-state index contributed by atoms with van der Waals surface area (Å²) in [4.78, 5) is 29.5. The van der Waals surface area contributed by atoms with Crippen LogP contribution in [0.5, 0.6) is 17.2 Å². The SMILES string of the molecule is COc1cccc2cc(C(=O)Oc3cc(C)c4c(c3)O/C(=C\c3cccnc3)C4=O)oc12. The van der Waals surface area contributed by atoms with Gasteiger partial charge in [0.1, 0.15) is 11.5 Å². The molecule has 0 N–H and O–H groups in total. The molecule has 158 valence electrons. The normalized spacial score (nSPS) is 13.8. The summed E-state index contributed by atoms with van der Waals surface area (Å²) in [5.41, 5.74) is 2.28. The molecule has 4 aromatic rings. The van der Waals surface area contributed by atoms with Gasteiger partial charge in [0, 0.05) is 23.8 Å². The molecule has 0 spiro atoms. The molecule has 0 radical (unpaired) electrons. The lowest BCUT2D eigenvalue weighted by Crippen LogP contribution is -2.07. The third kappa shape index (κ3) is 3.39. The maximum Gasteiger partial charge on any atom is 0.379 e. The molecule has 0 fully saturated rings. The van der Waals surface area contributed by atoms with Gasteiger partial charge in [0.2, 0.25) is 11.5 Å². The molecule has 0 amide bonds. The first kappa shape index (κ1) is 19.6. The van der Waals surface area contributed by atoms with Crippen molar-refractivity contribution < 1.29 is 28.2 Å². The van der Waals surface area contributed by atoms with Crippen LogP contribution in [0.25, 0.3) is 17.0 Å². The van der Waals surface area contributed by atoms with Crippen LogP contribution < -0.4 is 14.2 Å².